The monoisotopic (exact) mass is 134 g/mol. The Morgan fingerprint density at radius 3 is 2.88 bits per heavy atom. The minimum Gasteiger partial charge on any atom is -0.352 e. The molecule has 0 bridgehead atoms. The molecule has 3 N–H and O–H groups in total. The SMILES string of the molecule is CSCCNC(N)=O. The maximum atomic E-state index is 9.98. The van der Waals surface area contributed by atoms with Gasteiger partial charge in [0.2, 0.25) is 0 Å². The second-order valence-corrected chi connectivity index (χ2v) is 2.27. The van der Waals surface area contributed by atoms with Crippen LogP contribution in [0.1, 0.15) is 0 Å². The quantitative estimate of drug-likeness (QED) is 0.534. The zero-order valence-corrected chi connectivity index (χ0v) is 5.62. The summed E-state index contributed by atoms with van der Waals surface area (Å²) < 4.78 is 0. The van der Waals surface area contributed by atoms with Gasteiger partial charge in [0.25, 0.3) is 0 Å². The average molecular weight is 134 g/mol. The number of rotatable bonds is 3. The highest BCUT2D eigenvalue weighted by Crippen LogP contribution is 1.85. The van der Waals surface area contributed by atoms with Crippen molar-refractivity contribution in [1.82, 2.24) is 5.32 Å². The summed E-state index contributed by atoms with van der Waals surface area (Å²) in [7, 11) is 0. The molecule has 0 heterocycles. The van der Waals surface area contributed by atoms with Gasteiger partial charge in [0.05, 0.1) is 0 Å². The summed E-state index contributed by atoms with van der Waals surface area (Å²) in [6.07, 6.45) is 1.97. The van der Waals surface area contributed by atoms with Crippen LogP contribution in [-0.4, -0.2) is 24.6 Å². The van der Waals surface area contributed by atoms with Gasteiger partial charge in [0, 0.05) is 12.3 Å². The van der Waals surface area contributed by atoms with Gasteiger partial charge in [-0.1, -0.05) is 0 Å². The zero-order chi connectivity index (χ0) is 6.41. The van der Waals surface area contributed by atoms with Crippen LogP contribution in [0.5, 0.6) is 0 Å². The number of carbonyl (C=O) groups excluding carboxylic acids is 1. The number of primary amides is 1. The van der Waals surface area contributed by atoms with Crippen molar-refractivity contribution in [2.45, 2.75) is 0 Å². The fraction of sp³-hybridized carbons (Fsp3) is 0.750. The van der Waals surface area contributed by atoms with Gasteiger partial charge in [-0.2, -0.15) is 11.8 Å². The topological polar surface area (TPSA) is 55.1 Å². The molecule has 8 heavy (non-hydrogen) atoms. The van der Waals surface area contributed by atoms with Gasteiger partial charge in [0.1, 0.15) is 0 Å². The van der Waals surface area contributed by atoms with Gasteiger partial charge in [-0.3, -0.25) is 0 Å². The maximum Gasteiger partial charge on any atom is 0.312 e. The number of nitrogens with one attached hydrogen (secondary N) is 1. The second kappa shape index (κ2) is 4.77. The minimum atomic E-state index is -0.445. The van der Waals surface area contributed by atoms with E-state index in [1.807, 2.05) is 6.26 Å². The van der Waals surface area contributed by atoms with Crippen LogP contribution in [0.3, 0.4) is 0 Å². The van der Waals surface area contributed by atoms with E-state index >= 15 is 0 Å². The van der Waals surface area contributed by atoms with Crippen molar-refractivity contribution < 1.29 is 4.79 Å². The molecule has 0 aromatic carbocycles. The Bertz CT molecular complexity index is 76.4. The van der Waals surface area contributed by atoms with Crippen molar-refractivity contribution in [2.75, 3.05) is 18.6 Å². The second-order valence-electron chi connectivity index (χ2n) is 1.28. The molecule has 0 aliphatic carbocycles. The third-order valence-electron chi connectivity index (χ3n) is 0.605. The molecule has 2 amide bonds. The van der Waals surface area contributed by atoms with Crippen LogP contribution in [0, 0.1) is 0 Å². The Balaban J connectivity index is 2.82. The first-order valence-electron chi connectivity index (χ1n) is 2.29. The molecule has 0 aromatic rings. The molecule has 0 atom stereocenters. The third kappa shape index (κ3) is 5.62. The van der Waals surface area contributed by atoms with Gasteiger partial charge in [-0.15, -0.1) is 0 Å². The molecule has 0 radical (unpaired) electrons. The predicted octanol–water partition coefficient (Wildman–Crippen LogP) is 0.0177. The molecule has 0 unspecified atom stereocenters. The molecule has 0 saturated heterocycles. The Morgan fingerprint density at radius 1 is 1.88 bits per heavy atom. The number of amides is 2. The standard InChI is InChI=1S/C4H10N2OS/c1-8-3-2-6-4(5)7/h2-3H2,1H3,(H3,5,6,7). The summed E-state index contributed by atoms with van der Waals surface area (Å²) in [6, 6.07) is -0.445. The average Bonchev–Trinajstić information content (AvgIpc) is 1.66. The van der Waals surface area contributed by atoms with E-state index in [1.54, 1.807) is 11.8 Å². The van der Waals surface area contributed by atoms with E-state index in [2.05, 4.69) is 5.32 Å². The lowest BCUT2D eigenvalue weighted by atomic mass is 10.7. The van der Waals surface area contributed by atoms with Crippen LogP contribution in [0.2, 0.25) is 0 Å². The lowest BCUT2D eigenvalue weighted by Gasteiger charge is -1.95. The van der Waals surface area contributed by atoms with Gasteiger partial charge >= 0.3 is 6.03 Å². The first kappa shape index (κ1) is 7.62. The van der Waals surface area contributed by atoms with Gasteiger partial charge < -0.3 is 11.1 Å². The normalized spacial score (nSPS) is 8.62. The van der Waals surface area contributed by atoms with E-state index in [0.29, 0.717) is 6.54 Å². The number of carbonyl (C=O) groups is 1. The fourth-order valence-corrected chi connectivity index (χ4v) is 0.582. The Labute approximate surface area is 53.0 Å². The molecule has 0 aliphatic rings. The van der Waals surface area contributed by atoms with Crippen LogP contribution in [-0.2, 0) is 0 Å². The minimum absolute atomic E-state index is 0.445. The highest BCUT2D eigenvalue weighted by molar-refractivity contribution is 7.98. The smallest absolute Gasteiger partial charge is 0.312 e. The molecule has 0 aliphatic heterocycles. The van der Waals surface area contributed by atoms with Crippen molar-refractivity contribution in [3.05, 3.63) is 0 Å². The van der Waals surface area contributed by atoms with Gasteiger partial charge in [-0.05, 0) is 6.26 Å². The summed E-state index contributed by atoms with van der Waals surface area (Å²) in [5, 5.41) is 2.46. The summed E-state index contributed by atoms with van der Waals surface area (Å²) in [5.41, 5.74) is 4.77. The lowest BCUT2D eigenvalue weighted by molar-refractivity contribution is 0.249. The number of hydrogen-bond acceptors (Lipinski definition) is 2. The largest absolute Gasteiger partial charge is 0.352 e. The molecular formula is C4H10N2OS. The Hall–Kier alpha value is -0.380. The highest BCUT2D eigenvalue weighted by atomic mass is 32.2. The molecule has 0 spiro atoms. The van der Waals surface area contributed by atoms with Crippen LogP contribution in [0.4, 0.5) is 4.79 Å². The van der Waals surface area contributed by atoms with Gasteiger partial charge in [0.15, 0.2) is 0 Å². The van der Waals surface area contributed by atoms with E-state index < -0.39 is 6.03 Å². The highest BCUT2D eigenvalue weighted by Gasteiger charge is 1.86. The number of urea groups is 1. The molecule has 48 valence electrons. The molecule has 0 rings (SSSR count). The molecule has 4 heteroatoms. The first-order valence-corrected chi connectivity index (χ1v) is 3.69. The Kier molecular flexibility index (Phi) is 4.54. The van der Waals surface area contributed by atoms with Crippen molar-refractivity contribution in [3.63, 3.8) is 0 Å². The Morgan fingerprint density at radius 2 is 2.50 bits per heavy atom. The van der Waals surface area contributed by atoms with E-state index in [9.17, 15) is 4.79 Å². The number of thioether (sulfide) groups is 1. The molecule has 3 nitrogen and oxygen atoms in total. The summed E-state index contributed by atoms with van der Waals surface area (Å²) in [4.78, 5) is 9.98. The predicted molar refractivity (Wildman–Crippen MR) is 36.0 cm³/mol. The van der Waals surface area contributed by atoms with Crippen molar-refractivity contribution in [2.24, 2.45) is 5.73 Å². The lowest BCUT2D eigenvalue weighted by Crippen LogP contribution is -2.30. The zero-order valence-electron chi connectivity index (χ0n) is 4.81. The summed E-state index contributed by atoms with van der Waals surface area (Å²) in [6.45, 7) is 0.663. The van der Waals surface area contributed by atoms with E-state index in [4.69, 9.17) is 5.73 Å². The van der Waals surface area contributed by atoms with Crippen LogP contribution < -0.4 is 11.1 Å². The molecule has 0 fully saturated rings. The van der Waals surface area contributed by atoms with E-state index in [1.165, 1.54) is 0 Å². The fourth-order valence-electron chi connectivity index (χ4n) is 0.276. The maximum absolute atomic E-state index is 9.98. The van der Waals surface area contributed by atoms with E-state index in [0.717, 1.165) is 5.75 Å². The summed E-state index contributed by atoms with van der Waals surface area (Å²) in [5.74, 6) is 0.920. The third-order valence-corrected chi connectivity index (χ3v) is 1.22. The van der Waals surface area contributed by atoms with Crippen molar-refractivity contribution in [3.8, 4) is 0 Å². The first-order chi connectivity index (χ1) is 3.77. The number of nitrogens with two attached hydrogens (primary N) is 1. The molecular weight excluding hydrogens is 124 g/mol. The van der Waals surface area contributed by atoms with Crippen LogP contribution in [0.15, 0.2) is 0 Å². The number of hydrogen-bond donors (Lipinski definition) is 2. The molecule has 0 saturated carbocycles. The van der Waals surface area contributed by atoms with Crippen LogP contribution in [0.25, 0.3) is 0 Å². The van der Waals surface area contributed by atoms with Crippen LogP contribution >= 0.6 is 11.8 Å². The van der Waals surface area contributed by atoms with E-state index in [-0.39, 0.29) is 0 Å². The molecule has 0 aromatic heterocycles. The van der Waals surface area contributed by atoms with Crippen molar-refractivity contribution in [1.29, 1.82) is 0 Å². The van der Waals surface area contributed by atoms with Gasteiger partial charge in [-0.25, -0.2) is 4.79 Å². The van der Waals surface area contributed by atoms with Crippen molar-refractivity contribution >= 4 is 17.8 Å². The summed E-state index contributed by atoms with van der Waals surface area (Å²) >= 11 is 1.67.